The molecule has 0 saturated carbocycles. The highest BCUT2D eigenvalue weighted by atomic mass is 32.1. The summed E-state index contributed by atoms with van der Waals surface area (Å²) in [6.07, 6.45) is 0. The van der Waals surface area contributed by atoms with E-state index in [-0.39, 0.29) is 0 Å². The summed E-state index contributed by atoms with van der Waals surface area (Å²) < 4.78 is 0. The smallest absolute Gasteiger partial charge is 0.330 e. The predicted octanol–water partition coefficient (Wildman–Crippen LogP) is 2.32. The molecule has 2 rings (SSSR count). The third-order valence-electron chi connectivity index (χ3n) is 2.77. The molecule has 1 heterocycles. The van der Waals surface area contributed by atoms with Crippen molar-refractivity contribution in [1.82, 2.24) is 10.3 Å². The van der Waals surface area contributed by atoms with Crippen molar-refractivity contribution in [2.24, 2.45) is 0 Å². The summed E-state index contributed by atoms with van der Waals surface area (Å²) in [6, 6.07) is 7.54. The van der Waals surface area contributed by atoms with Gasteiger partial charge in [-0.15, -0.1) is 11.3 Å². The van der Waals surface area contributed by atoms with Crippen LogP contribution in [0, 0.1) is 13.8 Å². The summed E-state index contributed by atoms with van der Waals surface area (Å²) in [5.74, 6) is -1.51. The molecule has 0 spiro atoms. The molecule has 1 aromatic carbocycles. The average molecular weight is 290 g/mol. The molecule has 1 aromatic heterocycles. The van der Waals surface area contributed by atoms with Crippen LogP contribution in [0.15, 0.2) is 30.3 Å². The van der Waals surface area contributed by atoms with Crippen LogP contribution in [0.3, 0.4) is 0 Å². The van der Waals surface area contributed by atoms with Crippen molar-refractivity contribution in [1.29, 1.82) is 0 Å². The number of carbonyl (C=O) groups is 2. The Hall–Kier alpha value is -2.21. The lowest BCUT2D eigenvalue weighted by atomic mass is 10.1. The minimum absolute atomic E-state index is 0.413. The van der Waals surface area contributed by atoms with Crippen LogP contribution < -0.4 is 5.32 Å². The van der Waals surface area contributed by atoms with Gasteiger partial charge < -0.3 is 10.4 Å². The largest absolute Gasteiger partial charge is 0.479 e. The van der Waals surface area contributed by atoms with Crippen LogP contribution in [0.25, 0.3) is 0 Å². The van der Waals surface area contributed by atoms with E-state index in [9.17, 15) is 14.7 Å². The molecule has 1 amide bonds. The van der Waals surface area contributed by atoms with E-state index in [1.807, 2.05) is 0 Å². The standard InChI is InChI=1S/C14H14N2O3S/c1-8-12(20-9(2)15-8)13(17)16-11(14(18)19)10-6-4-3-5-7-10/h3-7,11H,1-2H3,(H,16,17)(H,18,19)/t11-/m1/s1. The Kier molecular flexibility index (Phi) is 4.14. The van der Waals surface area contributed by atoms with Crippen LogP contribution >= 0.6 is 11.3 Å². The number of aryl methyl sites for hydroxylation is 2. The summed E-state index contributed by atoms with van der Waals surface area (Å²) >= 11 is 1.26. The topological polar surface area (TPSA) is 79.3 Å². The van der Waals surface area contributed by atoms with Crippen LogP contribution in [0.2, 0.25) is 0 Å². The second-order valence-electron chi connectivity index (χ2n) is 4.30. The van der Waals surface area contributed by atoms with Gasteiger partial charge in [-0.2, -0.15) is 0 Å². The molecule has 0 radical (unpaired) electrons. The van der Waals surface area contributed by atoms with E-state index < -0.39 is 17.9 Å². The Labute approximate surface area is 120 Å². The maximum Gasteiger partial charge on any atom is 0.330 e. The third-order valence-corrected chi connectivity index (χ3v) is 3.84. The number of aromatic nitrogens is 1. The lowest BCUT2D eigenvalue weighted by Crippen LogP contribution is -2.33. The molecule has 0 aliphatic heterocycles. The summed E-state index contributed by atoms with van der Waals surface area (Å²) in [6.45, 7) is 3.54. The number of hydrogen-bond acceptors (Lipinski definition) is 4. The minimum atomic E-state index is -1.09. The van der Waals surface area contributed by atoms with Crippen LogP contribution in [0.5, 0.6) is 0 Å². The van der Waals surface area contributed by atoms with E-state index >= 15 is 0 Å². The fourth-order valence-corrected chi connectivity index (χ4v) is 2.69. The number of benzene rings is 1. The maximum absolute atomic E-state index is 12.2. The van der Waals surface area contributed by atoms with Crippen molar-refractivity contribution in [3.8, 4) is 0 Å². The Bertz CT molecular complexity index is 637. The number of rotatable bonds is 4. The predicted molar refractivity (Wildman–Crippen MR) is 75.9 cm³/mol. The van der Waals surface area contributed by atoms with E-state index in [1.165, 1.54) is 11.3 Å². The molecule has 0 aliphatic rings. The van der Waals surface area contributed by atoms with Gasteiger partial charge in [0.05, 0.1) is 10.7 Å². The first kappa shape index (κ1) is 14.2. The molecule has 6 heteroatoms. The van der Waals surface area contributed by atoms with Gasteiger partial charge in [0, 0.05) is 0 Å². The molecular formula is C14H14N2O3S. The van der Waals surface area contributed by atoms with Gasteiger partial charge in [0.2, 0.25) is 0 Å². The van der Waals surface area contributed by atoms with Gasteiger partial charge in [-0.1, -0.05) is 30.3 Å². The van der Waals surface area contributed by atoms with Crippen LogP contribution in [0.1, 0.15) is 32.0 Å². The van der Waals surface area contributed by atoms with Crippen molar-refractivity contribution < 1.29 is 14.7 Å². The first-order valence-corrected chi connectivity index (χ1v) is 6.83. The molecule has 0 unspecified atom stereocenters. The SMILES string of the molecule is Cc1nc(C)c(C(=O)N[C@@H](C(=O)O)c2ccccc2)s1. The van der Waals surface area contributed by atoms with Gasteiger partial charge >= 0.3 is 5.97 Å². The Morgan fingerprint density at radius 2 is 1.90 bits per heavy atom. The van der Waals surface area contributed by atoms with Gasteiger partial charge in [0.15, 0.2) is 6.04 Å². The van der Waals surface area contributed by atoms with Crippen molar-refractivity contribution >= 4 is 23.2 Å². The number of nitrogens with one attached hydrogen (secondary N) is 1. The second-order valence-corrected chi connectivity index (χ2v) is 5.51. The van der Waals surface area contributed by atoms with Gasteiger partial charge in [-0.25, -0.2) is 9.78 Å². The summed E-state index contributed by atoms with van der Waals surface area (Å²) in [5.41, 5.74) is 1.15. The Morgan fingerprint density at radius 3 is 2.40 bits per heavy atom. The molecule has 1 atom stereocenters. The zero-order valence-electron chi connectivity index (χ0n) is 11.1. The lowest BCUT2D eigenvalue weighted by Gasteiger charge is -2.14. The molecule has 104 valence electrons. The first-order valence-electron chi connectivity index (χ1n) is 6.01. The number of aliphatic carboxylic acids is 1. The van der Waals surface area contributed by atoms with Crippen molar-refractivity contribution in [2.75, 3.05) is 0 Å². The maximum atomic E-state index is 12.2. The Morgan fingerprint density at radius 1 is 1.25 bits per heavy atom. The van der Waals surface area contributed by atoms with E-state index in [1.54, 1.807) is 44.2 Å². The summed E-state index contributed by atoms with van der Waals surface area (Å²) in [5, 5.41) is 12.6. The van der Waals surface area contributed by atoms with Gasteiger partial charge in [-0.05, 0) is 19.4 Å². The number of thiazole rings is 1. The molecule has 5 nitrogen and oxygen atoms in total. The van der Waals surface area contributed by atoms with Crippen LogP contribution in [-0.4, -0.2) is 22.0 Å². The molecule has 0 fully saturated rings. The van der Waals surface area contributed by atoms with Crippen molar-refractivity contribution in [2.45, 2.75) is 19.9 Å². The summed E-state index contributed by atoms with van der Waals surface area (Å²) in [7, 11) is 0. The average Bonchev–Trinajstić information content (AvgIpc) is 2.75. The Balaban J connectivity index is 2.23. The van der Waals surface area contributed by atoms with Crippen molar-refractivity contribution in [3.05, 3.63) is 51.5 Å². The van der Waals surface area contributed by atoms with E-state index in [0.717, 1.165) is 5.01 Å². The van der Waals surface area contributed by atoms with Crippen molar-refractivity contribution in [3.63, 3.8) is 0 Å². The monoisotopic (exact) mass is 290 g/mol. The highest BCUT2D eigenvalue weighted by Gasteiger charge is 2.24. The first-order chi connectivity index (χ1) is 9.49. The number of amides is 1. The fraction of sp³-hybridized carbons (Fsp3) is 0.214. The van der Waals surface area contributed by atoms with E-state index in [2.05, 4.69) is 10.3 Å². The number of carboxylic acids is 1. The molecule has 0 saturated heterocycles. The van der Waals surface area contributed by atoms with E-state index in [4.69, 9.17) is 0 Å². The third kappa shape index (κ3) is 3.03. The molecular weight excluding hydrogens is 276 g/mol. The number of carboxylic acid groups (broad SMARTS) is 1. The van der Waals surface area contributed by atoms with Gasteiger partial charge in [0.25, 0.3) is 5.91 Å². The number of carbonyl (C=O) groups excluding carboxylic acids is 1. The number of nitrogens with zero attached hydrogens (tertiary/aromatic N) is 1. The molecule has 0 bridgehead atoms. The van der Waals surface area contributed by atoms with Gasteiger partial charge in [0.1, 0.15) is 4.88 Å². The van der Waals surface area contributed by atoms with Gasteiger partial charge in [-0.3, -0.25) is 4.79 Å². The minimum Gasteiger partial charge on any atom is -0.479 e. The zero-order valence-corrected chi connectivity index (χ0v) is 11.9. The lowest BCUT2D eigenvalue weighted by molar-refractivity contribution is -0.139. The quantitative estimate of drug-likeness (QED) is 0.905. The summed E-state index contributed by atoms with van der Waals surface area (Å²) in [4.78, 5) is 28.1. The van der Waals surface area contributed by atoms with Crippen LogP contribution in [0.4, 0.5) is 0 Å². The molecule has 2 aromatic rings. The molecule has 20 heavy (non-hydrogen) atoms. The molecule has 0 aliphatic carbocycles. The zero-order chi connectivity index (χ0) is 14.7. The van der Waals surface area contributed by atoms with E-state index in [0.29, 0.717) is 16.1 Å². The fourth-order valence-electron chi connectivity index (χ4n) is 1.87. The second kappa shape index (κ2) is 5.83. The molecule has 2 N–H and O–H groups in total. The normalized spacial score (nSPS) is 11.9. The number of hydrogen-bond donors (Lipinski definition) is 2. The highest BCUT2D eigenvalue weighted by molar-refractivity contribution is 7.13. The highest BCUT2D eigenvalue weighted by Crippen LogP contribution is 2.19. The van der Waals surface area contributed by atoms with Crippen LogP contribution in [-0.2, 0) is 4.79 Å².